The van der Waals surface area contributed by atoms with Gasteiger partial charge in [0.2, 0.25) is 0 Å². The van der Waals surface area contributed by atoms with Gasteiger partial charge in [-0.25, -0.2) is 4.39 Å². The number of rotatable bonds is 5. The Hall–Kier alpha value is -3.45. The van der Waals surface area contributed by atoms with Crippen LogP contribution >= 0.6 is 11.6 Å². The highest BCUT2D eigenvalue weighted by Crippen LogP contribution is 2.46. The van der Waals surface area contributed by atoms with Gasteiger partial charge < -0.3 is 15.4 Å². The number of benzene rings is 2. The minimum absolute atomic E-state index is 0.0509. The molecule has 0 aromatic heterocycles. The van der Waals surface area contributed by atoms with Crippen LogP contribution in [0, 0.1) is 5.82 Å². The number of hydrogen-bond acceptors (Lipinski definition) is 5. The highest BCUT2D eigenvalue weighted by atomic mass is 35.5. The molecule has 0 saturated carbocycles. The van der Waals surface area contributed by atoms with Crippen molar-refractivity contribution in [1.82, 2.24) is 5.32 Å². The number of Topliss-reactive ketones (excluding diaryl/α,β-unsaturated/α-hetero) is 2. The molecule has 8 heteroatoms. The summed E-state index contributed by atoms with van der Waals surface area (Å²) >= 11 is 6.51. The van der Waals surface area contributed by atoms with Crippen LogP contribution in [0.3, 0.4) is 0 Å². The number of hydrogen-bond donors (Lipinski definition) is 2. The summed E-state index contributed by atoms with van der Waals surface area (Å²) in [6, 6.07) is 11.0. The van der Waals surface area contributed by atoms with E-state index in [0.717, 1.165) is 42.6 Å². The Bertz CT molecular complexity index is 1260. The van der Waals surface area contributed by atoms with Crippen LogP contribution in [0.4, 0.5) is 10.1 Å². The second-order valence-corrected chi connectivity index (χ2v) is 9.31. The second kappa shape index (κ2) is 9.66. The molecule has 180 valence electrons. The molecular formula is C27H24ClFN2O4. The van der Waals surface area contributed by atoms with Crippen LogP contribution in [0.2, 0.25) is 5.02 Å². The molecule has 2 N–H and O–H groups in total. The Labute approximate surface area is 207 Å². The van der Waals surface area contributed by atoms with Crippen molar-refractivity contribution in [1.29, 1.82) is 0 Å². The average molecular weight is 495 g/mol. The van der Waals surface area contributed by atoms with Crippen LogP contribution in [0.25, 0.3) is 0 Å². The molecule has 0 atom stereocenters. The van der Waals surface area contributed by atoms with E-state index in [9.17, 15) is 18.8 Å². The molecule has 6 nitrogen and oxygen atoms in total. The number of amides is 1. The summed E-state index contributed by atoms with van der Waals surface area (Å²) < 4.78 is 19.3. The van der Waals surface area contributed by atoms with E-state index >= 15 is 0 Å². The van der Waals surface area contributed by atoms with Crippen molar-refractivity contribution >= 4 is 34.8 Å². The fourth-order valence-electron chi connectivity index (χ4n) is 5.02. The third-order valence-corrected chi connectivity index (χ3v) is 6.88. The van der Waals surface area contributed by atoms with Crippen LogP contribution < -0.4 is 15.4 Å². The highest BCUT2D eigenvalue weighted by molar-refractivity contribution is 6.32. The van der Waals surface area contributed by atoms with Crippen molar-refractivity contribution in [3.05, 3.63) is 81.4 Å². The van der Waals surface area contributed by atoms with E-state index in [2.05, 4.69) is 10.6 Å². The maximum Gasteiger partial charge on any atom is 0.262 e. The normalized spacial score (nSPS) is 18.1. The Balaban J connectivity index is 1.39. The maximum absolute atomic E-state index is 13.8. The summed E-state index contributed by atoms with van der Waals surface area (Å²) in [5, 5.41) is 6.11. The molecule has 5 rings (SSSR count). The molecule has 0 unspecified atom stereocenters. The summed E-state index contributed by atoms with van der Waals surface area (Å²) in [5.41, 5.74) is 3.92. The molecule has 1 heterocycles. The fourth-order valence-corrected chi connectivity index (χ4v) is 5.27. The molecule has 0 fully saturated rings. The number of carbonyl (C=O) groups excluding carboxylic acids is 3. The minimum atomic E-state index is -0.540. The molecule has 35 heavy (non-hydrogen) atoms. The summed E-state index contributed by atoms with van der Waals surface area (Å²) in [7, 11) is 0. The Morgan fingerprint density at radius 2 is 1.66 bits per heavy atom. The number of allylic oxidation sites excluding steroid dienone is 4. The van der Waals surface area contributed by atoms with Crippen molar-refractivity contribution in [2.24, 2.45) is 0 Å². The minimum Gasteiger partial charge on any atom is -0.482 e. The van der Waals surface area contributed by atoms with Crippen LogP contribution in [-0.2, 0) is 14.4 Å². The molecule has 0 bridgehead atoms. The number of dihydropyridines is 1. The second-order valence-electron chi connectivity index (χ2n) is 8.90. The number of halogens is 2. The van der Waals surface area contributed by atoms with Gasteiger partial charge in [0.15, 0.2) is 18.2 Å². The molecule has 0 spiro atoms. The molecule has 0 radical (unpaired) electrons. The van der Waals surface area contributed by atoms with Crippen LogP contribution in [0.1, 0.15) is 50.0 Å². The zero-order chi connectivity index (χ0) is 24.5. The number of nitrogens with one attached hydrogen (secondary N) is 2. The third kappa shape index (κ3) is 4.60. The van der Waals surface area contributed by atoms with Gasteiger partial charge in [-0.2, -0.15) is 0 Å². The number of para-hydroxylation sites is 1. The Morgan fingerprint density at radius 1 is 1.00 bits per heavy atom. The van der Waals surface area contributed by atoms with Gasteiger partial charge in [0.05, 0.1) is 10.7 Å². The van der Waals surface area contributed by atoms with Crippen molar-refractivity contribution in [3.63, 3.8) is 0 Å². The lowest BCUT2D eigenvalue weighted by molar-refractivity contribution is -0.118. The SMILES string of the molecule is O=C(COc1ccc(C2C3=C(CCCC3=O)NC3=C2C(=O)CCC3)cc1Cl)Nc1ccccc1F. The highest BCUT2D eigenvalue weighted by Gasteiger charge is 2.40. The molecule has 1 aliphatic heterocycles. The van der Waals surface area contributed by atoms with E-state index < -0.39 is 17.6 Å². The van der Waals surface area contributed by atoms with Crippen molar-refractivity contribution < 1.29 is 23.5 Å². The first-order chi connectivity index (χ1) is 16.9. The molecule has 3 aliphatic rings. The lowest BCUT2D eigenvalue weighted by Crippen LogP contribution is -2.36. The van der Waals surface area contributed by atoms with Gasteiger partial charge in [-0.1, -0.05) is 29.8 Å². The number of ketones is 2. The first-order valence-corrected chi connectivity index (χ1v) is 12.1. The third-order valence-electron chi connectivity index (χ3n) is 6.59. The smallest absolute Gasteiger partial charge is 0.262 e. The number of ether oxygens (including phenoxy) is 1. The molecule has 2 aromatic carbocycles. The summed E-state index contributed by atoms with van der Waals surface area (Å²) in [6.45, 7) is -0.359. The molecule has 2 aliphatic carbocycles. The van der Waals surface area contributed by atoms with E-state index in [1.54, 1.807) is 24.3 Å². The fraction of sp³-hybridized carbons (Fsp3) is 0.296. The average Bonchev–Trinajstić information content (AvgIpc) is 2.84. The van der Waals surface area contributed by atoms with Crippen molar-refractivity contribution in [2.75, 3.05) is 11.9 Å². The van der Waals surface area contributed by atoms with E-state index in [0.29, 0.717) is 24.0 Å². The summed E-state index contributed by atoms with van der Waals surface area (Å²) in [4.78, 5) is 38.1. The van der Waals surface area contributed by atoms with Gasteiger partial charge >= 0.3 is 0 Å². The van der Waals surface area contributed by atoms with Gasteiger partial charge in [0.25, 0.3) is 5.91 Å². The maximum atomic E-state index is 13.8. The zero-order valence-corrected chi connectivity index (χ0v) is 19.7. The topological polar surface area (TPSA) is 84.5 Å². The van der Waals surface area contributed by atoms with Crippen molar-refractivity contribution in [3.8, 4) is 5.75 Å². The Kier molecular flexibility index (Phi) is 6.43. The predicted octanol–water partition coefficient (Wildman–Crippen LogP) is 5.20. The van der Waals surface area contributed by atoms with E-state index in [4.69, 9.17) is 16.3 Å². The van der Waals surface area contributed by atoms with E-state index in [1.165, 1.54) is 18.2 Å². The van der Waals surface area contributed by atoms with Gasteiger partial charge in [-0.05, 0) is 55.5 Å². The number of anilines is 1. The Morgan fingerprint density at radius 3 is 2.29 bits per heavy atom. The lowest BCUT2D eigenvalue weighted by atomic mass is 9.71. The largest absolute Gasteiger partial charge is 0.482 e. The van der Waals surface area contributed by atoms with Crippen LogP contribution in [0.5, 0.6) is 5.75 Å². The first-order valence-electron chi connectivity index (χ1n) is 11.7. The van der Waals surface area contributed by atoms with Crippen LogP contribution in [0.15, 0.2) is 65.0 Å². The van der Waals surface area contributed by atoms with Crippen molar-refractivity contribution in [2.45, 2.75) is 44.4 Å². The molecule has 0 saturated heterocycles. The van der Waals surface area contributed by atoms with Gasteiger partial charge in [0, 0.05) is 41.3 Å². The summed E-state index contributed by atoms with van der Waals surface area (Å²) in [5.74, 6) is -1.15. The summed E-state index contributed by atoms with van der Waals surface area (Å²) in [6.07, 6.45) is 4.04. The number of carbonyl (C=O) groups is 3. The molecule has 1 amide bonds. The monoisotopic (exact) mass is 494 g/mol. The first kappa shape index (κ1) is 23.3. The van der Waals surface area contributed by atoms with Gasteiger partial charge in [-0.15, -0.1) is 0 Å². The van der Waals surface area contributed by atoms with E-state index in [1.807, 2.05) is 0 Å². The van der Waals surface area contributed by atoms with E-state index in [-0.39, 0.29) is 34.6 Å². The predicted molar refractivity (Wildman–Crippen MR) is 130 cm³/mol. The molecule has 2 aromatic rings. The zero-order valence-electron chi connectivity index (χ0n) is 19.0. The lowest BCUT2D eigenvalue weighted by Gasteiger charge is -2.37. The van der Waals surface area contributed by atoms with Gasteiger partial charge in [-0.3, -0.25) is 14.4 Å². The van der Waals surface area contributed by atoms with Gasteiger partial charge in [0.1, 0.15) is 11.6 Å². The standard InChI is InChI=1S/C27H24ClFN2O4/c28-16-13-15(11-12-23(16)35-14-24(34)31-18-6-2-1-5-17(18)29)25-26-19(7-3-9-21(26)32)30-20-8-4-10-22(33)27(20)25/h1-2,5-6,11-13,25,30H,3-4,7-10,14H2,(H,31,34). The van der Waals surface area contributed by atoms with Crippen LogP contribution in [-0.4, -0.2) is 24.1 Å². The quantitative estimate of drug-likeness (QED) is 0.597. The molecular weight excluding hydrogens is 471 g/mol.